The van der Waals surface area contributed by atoms with Gasteiger partial charge in [-0.2, -0.15) is 0 Å². The number of amides is 2. The maximum Gasteiger partial charge on any atom is 0.338 e. The zero-order valence-corrected chi connectivity index (χ0v) is 14.4. The van der Waals surface area contributed by atoms with Gasteiger partial charge in [0.1, 0.15) is 0 Å². The van der Waals surface area contributed by atoms with Crippen molar-refractivity contribution in [2.75, 3.05) is 13.2 Å². The lowest BCUT2D eigenvalue weighted by atomic mass is 9.92. The van der Waals surface area contributed by atoms with E-state index in [9.17, 15) is 9.59 Å². The molecule has 6 nitrogen and oxygen atoms in total. The van der Waals surface area contributed by atoms with Gasteiger partial charge in [-0.15, -0.1) is 0 Å². The second-order valence-electron chi connectivity index (χ2n) is 5.51. The Labute approximate surface area is 147 Å². The third-order valence-corrected chi connectivity index (χ3v) is 3.72. The fourth-order valence-electron chi connectivity index (χ4n) is 2.59. The minimum Gasteiger partial charge on any atom is -0.463 e. The lowest BCUT2D eigenvalue weighted by Gasteiger charge is -2.28. The van der Waals surface area contributed by atoms with E-state index in [1.54, 1.807) is 13.8 Å². The Morgan fingerprint density at radius 2 is 2.12 bits per heavy atom. The Hall–Kier alpha value is -2.78. The van der Waals surface area contributed by atoms with Crippen LogP contribution in [-0.2, 0) is 9.53 Å². The molecule has 1 aliphatic rings. The highest BCUT2D eigenvalue weighted by molar-refractivity contribution is 5.95. The van der Waals surface area contributed by atoms with Crippen molar-refractivity contribution in [1.29, 1.82) is 0 Å². The average molecular weight is 342 g/mol. The molecule has 0 aliphatic carbocycles. The first-order valence-electron chi connectivity index (χ1n) is 8.22. The van der Waals surface area contributed by atoms with Crippen LogP contribution in [0.5, 0.6) is 0 Å². The second-order valence-corrected chi connectivity index (χ2v) is 5.51. The van der Waals surface area contributed by atoms with Gasteiger partial charge in [-0.3, -0.25) is 0 Å². The van der Waals surface area contributed by atoms with Crippen molar-refractivity contribution in [2.24, 2.45) is 0 Å². The van der Waals surface area contributed by atoms with Crippen molar-refractivity contribution in [3.8, 4) is 11.8 Å². The summed E-state index contributed by atoms with van der Waals surface area (Å²) >= 11 is 0. The van der Waals surface area contributed by atoms with Gasteiger partial charge in [-0.25, -0.2) is 9.59 Å². The van der Waals surface area contributed by atoms with Crippen LogP contribution in [0.15, 0.2) is 35.5 Å². The van der Waals surface area contributed by atoms with E-state index in [0.717, 1.165) is 11.1 Å². The normalized spacial score (nSPS) is 16.4. The molecule has 132 valence electrons. The van der Waals surface area contributed by atoms with E-state index in [2.05, 4.69) is 22.5 Å². The molecule has 0 fully saturated rings. The summed E-state index contributed by atoms with van der Waals surface area (Å²) in [4.78, 5) is 24.3. The molecule has 1 atom stereocenters. The van der Waals surface area contributed by atoms with E-state index in [1.165, 1.54) is 0 Å². The summed E-state index contributed by atoms with van der Waals surface area (Å²) in [7, 11) is 0. The molecule has 1 aromatic carbocycles. The van der Waals surface area contributed by atoms with E-state index >= 15 is 0 Å². The third kappa shape index (κ3) is 4.61. The SMILES string of the molecule is CCOC(=O)C1=C(C)NC(=O)NC1c1ccccc1C#CCCCO. The smallest absolute Gasteiger partial charge is 0.338 e. The number of nitrogens with one attached hydrogen (secondary N) is 2. The molecule has 1 aromatic rings. The molecule has 25 heavy (non-hydrogen) atoms. The molecule has 3 N–H and O–H groups in total. The minimum absolute atomic E-state index is 0.0929. The van der Waals surface area contributed by atoms with E-state index in [0.29, 0.717) is 24.1 Å². The molecule has 2 rings (SSSR count). The number of carbonyl (C=O) groups is 2. The number of urea groups is 1. The van der Waals surface area contributed by atoms with Gasteiger partial charge in [0.15, 0.2) is 0 Å². The van der Waals surface area contributed by atoms with Crippen LogP contribution < -0.4 is 10.6 Å². The molecule has 1 heterocycles. The fraction of sp³-hybridized carbons (Fsp3) is 0.368. The Morgan fingerprint density at radius 1 is 1.36 bits per heavy atom. The van der Waals surface area contributed by atoms with Gasteiger partial charge in [-0.1, -0.05) is 30.0 Å². The number of allylic oxidation sites excluding steroid dienone is 1. The number of hydrogen-bond donors (Lipinski definition) is 3. The lowest BCUT2D eigenvalue weighted by molar-refractivity contribution is -0.139. The van der Waals surface area contributed by atoms with Crippen LogP contribution in [0.2, 0.25) is 0 Å². The number of unbranched alkanes of at least 4 members (excludes halogenated alkanes) is 1. The lowest BCUT2D eigenvalue weighted by Crippen LogP contribution is -2.45. The highest BCUT2D eigenvalue weighted by atomic mass is 16.5. The summed E-state index contributed by atoms with van der Waals surface area (Å²) in [5.74, 6) is 5.59. The molecule has 0 radical (unpaired) electrons. The number of ether oxygens (including phenoxy) is 1. The zero-order chi connectivity index (χ0) is 18.2. The number of aliphatic hydroxyl groups excluding tert-OH is 1. The van der Waals surface area contributed by atoms with E-state index in [1.807, 2.05) is 24.3 Å². The predicted molar refractivity (Wildman–Crippen MR) is 93.4 cm³/mol. The molecule has 6 heteroatoms. The van der Waals surface area contributed by atoms with Crippen LogP contribution in [0, 0.1) is 11.8 Å². The molecule has 1 unspecified atom stereocenters. The van der Waals surface area contributed by atoms with E-state index < -0.39 is 12.0 Å². The number of rotatable bonds is 5. The number of hydrogen-bond acceptors (Lipinski definition) is 4. The highest BCUT2D eigenvalue weighted by Crippen LogP contribution is 2.29. The first kappa shape index (κ1) is 18.6. The molecule has 0 aromatic heterocycles. The summed E-state index contributed by atoms with van der Waals surface area (Å²) in [6.45, 7) is 3.75. The van der Waals surface area contributed by atoms with E-state index in [4.69, 9.17) is 9.84 Å². The first-order chi connectivity index (χ1) is 12.1. The fourth-order valence-corrected chi connectivity index (χ4v) is 2.59. The third-order valence-electron chi connectivity index (χ3n) is 3.72. The molecule has 0 saturated carbocycles. The molecule has 0 bridgehead atoms. The summed E-state index contributed by atoms with van der Waals surface area (Å²) < 4.78 is 5.14. The van der Waals surface area contributed by atoms with Crippen molar-refractivity contribution >= 4 is 12.0 Å². The van der Waals surface area contributed by atoms with Gasteiger partial charge in [0.05, 0.1) is 18.2 Å². The number of carbonyl (C=O) groups excluding carboxylic acids is 2. The van der Waals surface area contributed by atoms with Gasteiger partial charge in [-0.05, 0) is 31.9 Å². The topological polar surface area (TPSA) is 87.7 Å². The van der Waals surface area contributed by atoms with Gasteiger partial charge in [0.2, 0.25) is 0 Å². The van der Waals surface area contributed by atoms with Crippen LogP contribution in [0.25, 0.3) is 0 Å². The van der Waals surface area contributed by atoms with Crippen molar-refractivity contribution in [3.63, 3.8) is 0 Å². The van der Waals surface area contributed by atoms with Crippen LogP contribution in [0.4, 0.5) is 4.79 Å². The second kappa shape index (κ2) is 8.90. The standard InChI is InChI=1S/C19H22N2O4/c1-3-25-18(23)16-13(2)20-19(24)21-17(16)15-11-7-6-10-14(15)9-5-4-8-12-22/h6-7,10-11,17,22H,3-4,8,12H2,1-2H3,(H2,20,21,24). The highest BCUT2D eigenvalue weighted by Gasteiger charge is 2.33. The average Bonchev–Trinajstić information content (AvgIpc) is 2.58. The van der Waals surface area contributed by atoms with Gasteiger partial charge >= 0.3 is 12.0 Å². The monoisotopic (exact) mass is 342 g/mol. The minimum atomic E-state index is -0.629. The van der Waals surface area contributed by atoms with Gasteiger partial charge in [0.25, 0.3) is 0 Å². The number of aliphatic hydroxyl groups is 1. The van der Waals surface area contributed by atoms with Crippen LogP contribution in [-0.4, -0.2) is 30.3 Å². The van der Waals surface area contributed by atoms with Crippen LogP contribution >= 0.6 is 0 Å². The Kier molecular flexibility index (Phi) is 6.61. The number of benzene rings is 1. The van der Waals surface area contributed by atoms with E-state index in [-0.39, 0.29) is 19.2 Å². The predicted octanol–water partition coefficient (Wildman–Crippen LogP) is 2.00. The Balaban J connectivity index is 2.43. The molecular weight excluding hydrogens is 320 g/mol. The first-order valence-corrected chi connectivity index (χ1v) is 8.22. The van der Waals surface area contributed by atoms with Crippen LogP contribution in [0.3, 0.4) is 0 Å². The molecule has 0 spiro atoms. The number of esters is 1. The Bertz CT molecular complexity index is 743. The maximum absolute atomic E-state index is 12.4. The van der Waals surface area contributed by atoms with Gasteiger partial charge in [0, 0.05) is 24.3 Å². The van der Waals surface area contributed by atoms with Crippen molar-refractivity contribution in [3.05, 3.63) is 46.7 Å². The van der Waals surface area contributed by atoms with Crippen molar-refractivity contribution < 1.29 is 19.4 Å². The summed E-state index contributed by atoms with van der Waals surface area (Å²) in [5, 5.41) is 14.2. The molecule has 0 saturated heterocycles. The molecular formula is C19H22N2O4. The van der Waals surface area contributed by atoms with Crippen molar-refractivity contribution in [2.45, 2.75) is 32.7 Å². The van der Waals surface area contributed by atoms with Gasteiger partial charge < -0.3 is 20.5 Å². The quantitative estimate of drug-likeness (QED) is 0.434. The summed E-state index contributed by atoms with van der Waals surface area (Å²) in [5.41, 5.74) is 2.29. The largest absolute Gasteiger partial charge is 0.463 e. The van der Waals surface area contributed by atoms with Crippen LogP contribution in [0.1, 0.15) is 43.9 Å². The molecule has 1 aliphatic heterocycles. The van der Waals surface area contributed by atoms with Crippen molar-refractivity contribution in [1.82, 2.24) is 10.6 Å². The maximum atomic E-state index is 12.4. The molecule has 2 amide bonds. The Morgan fingerprint density at radius 3 is 2.84 bits per heavy atom. The summed E-state index contributed by atoms with van der Waals surface area (Å²) in [6.07, 6.45) is 1.18. The zero-order valence-electron chi connectivity index (χ0n) is 14.4. The summed E-state index contributed by atoms with van der Waals surface area (Å²) in [6, 6.07) is 6.35.